The van der Waals surface area contributed by atoms with Crippen LogP contribution in [0.4, 0.5) is 5.69 Å². The SMILES string of the molecule is NC(=NCCC(=O)c1ccccc1N)c1ccccc1. The number of para-hydroxylation sites is 1. The Hall–Kier alpha value is -2.62. The van der Waals surface area contributed by atoms with E-state index in [1.807, 2.05) is 30.3 Å². The normalized spacial score (nSPS) is 11.3. The Morgan fingerprint density at radius 3 is 2.35 bits per heavy atom. The minimum Gasteiger partial charge on any atom is -0.398 e. The van der Waals surface area contributed by atoms with Crippen LogP contribution >= 0.6 is 0 Å². The number of benzene rings is 2. The number of ketones is 1. The van der Waals surface area contributed by atoms with E-state index >= 15 is 0 Å². The van der Waals surface area contributed by atoms with E-state index in [9.17, 15) is 4.79 Å². The molecule has 0 atom stereocenters. The van der Waals surface area contributed by atoms with Crippen molar-refractivity contribution in [2.24, 2.45) is 10.7 Å². The Morgan fingerprint density at radius 2 is 1.65 bits per heavy atom. The van der Waals surface area contributed by atoms with Gasteiger partial charge in [-0.3, -0.25) is 9.79 Å². The summed E-state index contributed by atoms with van der Waals surface area (Å²) < 4.78 is 0. The lowest BCUT2D eigenvalue weighted by molar-refractivity contribution is 0.0986. The summed E-state index contributed by atoms with van der Waals surface area (Å²) in [6.07, 6.45) is 0.293. The molecule has 0 heterocycles. The lowest BCUT2D eigenvalue weighted by Gasteiger charge is -2.03. The fourth-order valence-corrected chi connectivity index (χ4v) is 1.86. The number of carbonyl (C=O) groups is 1. The third-order valence-electron chi connectivity index (χ3n) is 2.95. The number of amidine groups is 1. The molecule has 0 aromatic heterocycles. The molecule has 0 spiro atoms. The van der Waals surface area contributed by atoms with Gasteiger partial charge in [0.05, 0.1) is 0 Å². The molecule has 0 amide bonds. The van der Waals surface area contributed by atoms with Crippen molar-refractivity contribution in [1.82, 2.24) is 0 Å². The molecular weight excluding hydrogens is 250 g/mol. The standard InChI is InChI=1S/C16H17N3O/c17-14-9-5-4-8-13(14)15(20)10-11-19-16(18)12-6-2-1-3-7-12/h1-9H,10-11,17H2,(H2,18,19). The van der Waals surface area contributed by atoms with Gasteiger partial charge in [0, 0.05) is 29.8 Å². The van der Waals surface area contributed by atoms with Crippen LogP contribution in [0.5, 0.6) is 0 Å². The van der Waals surface area contributed by atoms with E-state index in [0.717, 1.165) is 5.56 Å². The molecule has 0 aliphatic carbocycles. The summed E-state index contributed by atoms with van der Waals surface area (Å²) in [4.78, 5) is 16.2. The van der Waals surface area contributed by atoms with Gasteiger partial charge in [-0.1, -0.05) is 42.5 Å². The molecule has 2 aromatic carbocycles. The van der Waals surface area contributed by atoms with Gasteiger partial charge in [0.2, 0.25) is 0 Å². The van der Waals surface area contributed by atoms with Gasteiger partial charge in [-0.15, -0.1) is 0 Å². The van der Waals surface area contributed by atoms with Gasteiger partial charge in [0.1, 0.15) is 5.84 Å². The van der Waals surface area contributed by atoms with E-state index in [1.165, 1.54) is 0 Å². The third-order valence-corrected chi connectivity index (χ3v) is 2.95. The zero-order chi connectivity index (χ0) is 14.4. The summed E-state index contributed by atoms with van der Waals surface area (Å²) in [6.45, 7) is 0.355. The van der Waals surface area contributed by atoms with Gasteiger partial charge in [-0.25, -0.2) is 0 Å². The minimum absolute atomic E-state index is 0.0206. The van der Waals surface area contributed by atoms with Gasteiger partial charge in [-0.05, 0) is 12.1 Å². The van der Waals surface area contributed by atoms with Gasteiger partial charge in [-0.2, -0.15) is 0 Å². The average Bonchev–Trinajstić information content (AvgIpc) is 2.48. The van der Waals surface area contributed by atoms with Gasteiger partial charge < -0.3 is 11.5 Å². The number of carbonyl (C=O) groups excluding carboxylic acids is 1. The number of nitrogens with zero attached hydrogens (tertiary/aromatic N) is 1. The van der Waals surface area contributed by atoms with Gasteiger partial charge in [0.25, 0.3) is 0 Å². The van der Waals surface area contributed by atoms with Crippen molar-refractivity contribution in [3.63, 3.8) is 0 Å². The lowest BCUT2D eigenvalue weighted by Crippen LogP contribution is -2.14. The molecule has 4 N–H and O–H groups in total. The predicted octanol–water partition coefficient (Wildman–Crippen LogP) is 2.25. The summed E-state index contributed by atoms with van der Waals surface area (Å²) in [7, 11) is 0. The Labute approximate surface area is 118 Å². The molecule has 4 heteroatoms. The molecular formula is C16H17N3O. The van der Waals surface area contributed by atoms with E-state index in [4.69, 9.17) is 11.5 Å². The molecule has 0 aliphatic rings. The highest BCUT2D eigenvalue weighted by molar-refractivity contribution is 6.01. The van der Waals surface area contributed by atoms with Gasteiger partial charge in [0.15, 0.2) is 5.78 Å². The number of rotatable bonds is 5. The smallest absolute Gasteiger partial charge is 0.166 e. The Kier molecular flexibility index (Phi) is 4.50. The minimum atomic E-state index is -0.0206. The van der Waals surface area contributed by atoms with E-state index < -0.39 is 0 Å². The molecule has 2 aromatic rings. The molecule has 4 nitrogen and oxygen atoms in total. The summed E-state index contributed by atoms with van der Waals surface area (Å²) >= 11 is 0. The van der Waals surface area contributed by atoms with Crippen LogP contribution in [0.2, 0.25) is 0 Å². The molecule has 0 radical (unpaired) electrons. The van der Waals surface area contributed by atoms with Crippen LogP contribution in [0, 0.1) is 0 Å². The molecule has 0 fully saturated rings. The highest BCUT2D eigenvalue weighted by Crippen LogP contribution is 2.12. The van der Waals surface area contributed by atoms with Crippen molar-refractivity contribution < 1.29 is 4.79 Å². The van der Waals surface area contributed by atoms with Gasteiger partial charge >= 0.3 is 0 Å². The largest absolute Gasteiger partial charge is 0.398 e. The first-order valence-corrected chi connectivity index (χ1v) is 6.41. The second kappa shape index (κ2) is 6.52. The number of hydrogen-bond donors (Lipinski definition) is 2. The number of hydrogen-bond acceptors (Lipinski definition) is 3. The monoisotopic (exact) mass is 267 g/mol. The molecule has 0 saturated heterocycles. The maximum Gasteiger partial charge on any atom is 0.166 e. The zero-order valence-electron chi connectivity index (χ0n) is 11.1. The first-order valence-electron chi connectivity index (χ1n) is 6.41. The second-order valence-electron chi connectivity index (χ2n) is 4.39. The Balaban J connectivity index is 1.96. The highest BCUT2D eigenvalue weighted by atomic mass is 16.1. The van der Waals surface area contributed by atoms with Crippen LogP contribution in [0.25, 0.3) is 0 Å². The highest BCUT2D eigenvalue weighted by Gasteiger charge is 2.08. The molecule has 0 aliphatic heterocycles. The van der Waals surface area contributed by atoms with Crippen LogP contribution in [0.3, 0.4) is 0 Å². The van der Waals surface area contributed by atoms with E-state index in [1.54, 1.807) is 24.3 Å². The first-order chi connectivity index (χ1) is 9.68. The Morgan fingerprint density at radius 1 is 1.00 bits per heavy atom. The number of aliphatic imine (C=N–C) groups is 1. The van der Waals surface area contributed by atoms with Crippen LogP contribution in [0.15, 0.2) is 59.6 Å². The van der Waals surface area contributed by atoms with Crippen LogP contribution in [0.1, 0.15) is 22.3 Å². The maximum absolute atomic E-state index is 12.0. The topological polar surface area (TPSA) is 81.5 Å². The summed E-state index contributed by atoms with van der Waals surface area (Å²) in [6, 6.07) is 16.5. The number of anilines is 1. The van der Waals surface area contributed by atoms with Crippen molar-refractivity contribution in [1.29, 1.82) is 0 Å². The molecule has 2 rings (SSSR count). The number of nitrogen functional groups attached to an aromatic ring is 1. The fraction of sp³-hybridized carbons (Fsp3) is 0.125. The van der Waals surface area contributed by atoms with Crippen molar-refractivity contribution in [2.75, 3.05) is 12.3 Å². The van der Waals surface area contributed by atoms with Crippen LogP contribution in [-0.2, 0) is 0 Å². The molecule has 102 valence electrons. The lowest BCUT2D eigenvalue weighted by atomic mass is 10.1. The first kappa shape index (κ1) is 13.8. The van der Waals surface area contributed by atoms with E-state index in [2.05, 4.69) is 4.99 Å². The summed E-state index contributed by atoms with van der Waals surface area (Å²) in [5, 5.41) is 0. The maximum atomic E-state index is 12.0. The van der Waals surface area contributed by atoms with Crippen molar-refractivity contribution in [2.45, 2.75) is 6.42 Å². The predicted molar refractivity (Wildman–Crippen MR) is 81.8 cm³/mol. The molecule has 0 unspecified atom stereocenters. The van der Waals surface area contributed by atoms with Crippen LogP contribution < -0.4 is 11.5 Å². The van der Waals surface area contributed by atoms with Crippen LogP contribution in [-0.4, -0.2) is 18.2 Å². The second-order valence-corrected chi connectivity index (χ2v) is 4.39. The number of nitrogens with two attached hydrogens (primary N) is 2. The third kappa shape index (κ3) is 3.45. The molecule has 0 bridgehead atoms. The summed E-state index contributed by atoms with van der Waals surface area (Å²) in [5.74, 6) is 0.423. The van der Waals surface area contributed by atoms with E-state index in [0.29, 0.717) is 30.1 Å². The Bertz CT molecular complexity index is 621. The quantitative estimate of drug-likeness (QED) is 0.377. The molecule has 0 saturated carbocycles. The molecule has 20 heavy (non-hydrogen) atoms. The van der Waals surface area contributed by atoms with E-state index in [-0.39, 0.29) is 5.78 Å². The van der Waals surface area contributed by atoms with Crippen molar-refractivity contribution in [3.05, 3.63) is 65.7 Å². The van der Waals surface area contributed by atoms with Crippen molar-refractivity contribution >= 4 is 17.3 Å². The van der Waals surface area contributed by atoms with Crippen molar-refractivity contribution in [3.8, 4) is 0 Å². The fourth-order valence-electron chi connectivity index (χ4n) is 1.86. The average molecular weight is 267 g/mol. The summed E-state index contributed by atoms with van der Waals surface area (Å²) in [5.41, 5.74) is 13.5. The number of Topliss-reactive ketones (excluding diaryl/α,β-unsaturated/α-hetero) is 1. The zero-order valence-corrected chi connectivity index (χ0v) is 11.1.